The van der Waals surface area contributed by atoms with E-state index in [1.165, 1.54) is 0 Å². The summed E-state index contributed by atoms with van der Waals surface area (Å²) in [5.74, 6) is 0.0584. The molecule has 3 rings (SSSR count). The van der Waals surface area contributed by atoms with E-state index in [2.05, 4.69) is 31.5 Å². The molecule has 0 unspecified atom stereocenters. The molecule has 0 amide bonds. The number of hydrogen-bond acceptors (Lipinski definition) is 3. The molecule has 0 spiro atoms. The summed E-state index contributed by atoms with van der Waals surface area (Å²) in [6.07, 6.45) is 0. The summed E-state index contributed by atoms with van der Waals surface area (Å²) in [5.41, 5.74) is 3.18. The van der Waals surface area contributed by atoms with Crippen molar-refractivity contribution >= 4 is 55.5 Å². The lowest BCUT2D eigenvalue weighted by molar-refractivity contribution is 0.436. The molecule has 3 aromatic rings. The van der Waals surface area contributed by atoms with Gasteiger partial charge in [0.2, 0.25) is 11.0 Å². The fraction of sp³-hybridized carbons (Fsp3) is 0.118. The molecule has 0 saturated heterocycles. The second-order valence-electron chi connectivity index (χ2n) is 5.36. The molecule has 0 bridgehead atoms. The molecule has 2 aromatic carbocycles. The molecular weight excluding hydrogens is 388 g/mol. The first-order chi connectivity index (χ1) is 11.5. The molecule has 24 heavy (non-hydrogen) atoms. The summed E-state index contributed by atoms with van der Waals surface area (Å²) in [6, 6.07) is 13.5. The number of aryl methyl sites for hydroxylation is 2. The molecule has 0 saturated carbocycles. The second kappa shape index (κ2) is 6.70. The Morgan fingerprint density at radius 2 is 2.00 bits per heavy atom. The minimum absolute atomic E-state index is 0.0584. The summed E-state index contributed by atoms with van der Waals surface area (Å²) in [4.78, 5) is 0. The van der Waals surface area contributed by atoms with Crippen LogP contribution in [0.5, 0.6) is 5.88 Å². The number of benzene rings is 2. The molecule has 1 aromatic heterocycles. The van der Waals surface area contributed by atoms with Gasteiger partial charge < -0.3 is 15.0 Å². The topological polar surface area (TPSA) is 61.9 Å². The lowest BCUT2D eigenvalue weighted by atomic mass is 10.1. The highest BCUT2D eigenvalue weighted by Gasteiger charge is 2.14. The molecule has 1 heterocycles. The third kappa shape index (κ3) is 3.18. The first-order valence-corrected chi connectivity index (χ1v) is 8.42. The summed E-state index contributed by atoms with van der Waals surface area (Å²) in [7, 11) is 1.78. The quantitative estimate of drug-likeness (QED) is 0.443. The first-order valence-electron chi connectivity index (χ1n) is 7.22. The van der Waals surface area contributed by atoms with Crippen LogP contribution in [-0.2, 0) is 7.05 Å². The van der Waals surface area contributed by atoms with Crippen LogP contribution in [-0.4, -0.2) is 14.8 Å². The number of azo groups is 1. The Bertz CT molecular complexity index is 965. The number of nitrogens with one attached hydrogen (secondary N) is 1. The number of aromatic nitrogens is 1. The molecule has 2 N–H and O–H groups in total. The van der Waals surface area contributed by atoms with E-state index in [1.807, 2.05) is 49.4 Å². The highest BCUT2D eigenvalue weighted by Crippen LogP contribution is 2.38. The highest BCUT2D eigenvalue weighted by molar-refractivity contribution is 9.10. The van der Waals surface area contributed by atoms with Crippen LogP contribution in [0.15, 0.2) is 57.2 Å². The fourth-order valence-corrected chi connectivity index (χ4v) is 2.96. The predicted octanol–water partition coefficient (Wildman–Crippen LogP) is 5.44. The van der Waals surface area contributed by atoms with E-state index in [0.717, 1.165) is 26.6 Å². The van der Waals surface area contributed by atoms with Gasteiger partial charge in [0.1, 0.15) is 0 Å². The molecule has 0 aliphatic carbocycles. The molecule has 7 heteroatoms. The third-order valence-electron chi connectivity index (χ3n) is 3.65. The van der Waals surface area contributed by atoms with E-state index in [4.69, 9.17) is 12.2 Å². The van der Waals surface area contributed by atoms with Crippen molar-refractivity contribution in [3.05, 3.63) is 52.5 Å². The Morgan fingerprint density at radius 3 is 2.75 bits per heavy atom. The van der Waals surface area contributed by atoms with Crippen LogP contribution in [0.25, 0.3) is 10.9 Å². The fourth-order valence-electron chi connectivity index (χ4n) is 2.42. The van der Waals surface area contributed by atoms with E-state index in [0.29, 0.717) is 5.69 Å². The van der Waals surface area contributed by atoms with Crippen molar-refractivity contribution in [3.8, 4) is 5.88 Å². The van der Waals surface area contributed by atoms with Crippen LogP contribution in [0.2, 0.25) is 0 Å². The molecule has 0 fully saturated rings. The van der Waals surface area contributed by atoms with E-state index >= 15 is 0 Å². The average Bonchev–Trinajstić information content (AvgIpc) is 2.78. The van der Waals surface area contributed by atoms with Crippen LogP contribution < -0.4 is 5.32 Å². The Kier molecular flexibility index (Phi) is 4.64. The van der Waals surface area contributed by atoms with Gasteiger partial charge in [-0.25, -0.2) is 0 Å². The van der Waals surface area contributed by atoms with Gasteiger partial charge in [0.05, 0.1) is 11.2 Å². The van der Waals surface area contributed by atoms with Gasteiger partial charge in [0, 0.05) is 16.9 Å². The van der Waals surface area contributed by atoms with E-state index in [9.17, 15) is 5.11 Å². The largest absolute Gasteiger partial charge is 0.493 e. The average molecular weight is 403 g/mol. The number of thiocarbonyl (C=S) groups is 1. The normalized spacial score (nSPS) is 11.3. The SMILES string of the molecule is Cc1ccc2c(c1)c(N=NC(=S)Nc1ccccc1Br)c(O)n2C. The standard InChI is InChI=1S/C17H15BrN4OS/c1-10-7-8-14-11(9-10)15(16(23)22(14)2)20-21-17(24)19-13-6-4-3-5-12(13)18/h3-9,23H,1-2H3,(H,19,24). The molecule has 0 atom stereocenters. The number of aromatic hydroxyl groups is 1. The van der Waals surface area contributed by atoms with E-state index in [1.54, 1.807) is 11.6 Å². The van der Waals surface area contributed by atoms with Crippen molar-refractivity contribution < 1.29 is 5.11 Å². The van der Waals surface area contributed by atoms with Gasteiger partial charge in [-0.1, -0.05) is 23.8 Å². The van der Waals surface area contributed by atoms with Crippen LogP contribution >= 0.6 is 28.1 Å². The van der Waals surface area contributed by atoms with Crippen molar-refractivity contribution in [2.45, 2.75) is 6.92 Å². The van der Waals surface area contributed by atoms with E-state index < -0.39 is 0 Å². The lowest BCUT2D eigenvalue weighted by Gasteiger charge is -2.04. The molecular formula is C17H15BrN4OS. The van der Waals surface area contributed by atoms with Crippen LogP contribution in [0.4, 0.5) is 11.4 Å². The predicted molar refractivity (Wildman–Crippen MR) is 104 cm³/mol. The maximum atomic E-state index is 10.3. The Morgan fingerprint density at radius 1 is 1.25 bits per heavy atom. The molecule has 0 radical (unpaired) electrons. The van der Waals surface area contributed by atoms with Crippen molar-refractivity contribution in [2.75, 3.05) is 5.32 Å². The molecule has 5 nitrogen and oxygen atoms in total. The van der Waals surface area contributed by atoms with Crippen molar-refractivity contribution in [1.82, 2.24) is 4.57 Å². The molecule has 122 valence electrons. The maximum absolute atomic E-state index is 10.3. The van der Waals surface area contributed by atoms with Crippen LogP contribution in [0, 0.1) is 6.92 Å². The minimum Gasteiger partial charge on any atom is -0.493 e. The number of fused-ring (bicyclic) bond motifs is 1. The van der Waals surface area contributed by atoms with Crippen molar-refractivity contribution in [2.24, 2.45) is 17.3 Å². The second-order valence-corrected chi connectivity index (χ2v) is 6.60. The monoisotopic (exact) mass is 402 g/mol. The zero-order valence-corrected chi connectivity index (χ0v) is 15.5. The summed E-state index contributed by atoms with van der Waals surface area (Å²) in [5, 5.41) is 22.5. The first kappa shape index (κ1) is 16.6. The van der Waals surface area contributed by atoms with Gasteiger partial charge in [-0.3, -0.25) is 0 Å². The number of para-hydroxylation sites is 1. The van der Waals surface area contributed by atoms with Crippen molar-refractivity contribution in [1.29, 1.82) is 0 Å². The summed E-state index contributed by atoms with van der Waals surface area (Å²) in [6.45, 7) is 1.99. The number of nitrogens with zero attached hydrogens (tertiary/aromatic N) is 3. The number of anilines is 1. The summed E-state index contributed by atoms with van der Waals surface area (Å²) >= 11 is 8.65. The molecule has 0 aliphatic rings. The van der Waals surface area contributed by atoms with Crippen LogP contribution in [0.1, 0.15) is 5.56 Å². The van der Waals surface area contributed by atoms with Gasteiger partial charge in [-0.05, 0) is 59.3 Å². The zero-order valence-electron chi connectivity index (χ0n) is 13.1. The van der Waals surface area contributed by atoms with Crippen LogP contribution in [0.3, 0.4) is 0 Å². The minimum atomic E-state index is 0.0584. The van der Waals surface area contributed by atoms with Gasteiger partial charge in [0.25, 0.3) is 0 Å². The smallest absolute Gasteiger partial charge is 0.220 e. The number of rotatable bonds is 2. The summed E-state index contributed by atoms with van der Waals surface area (Å²) < 4.78 is 2.55. The van der Waals surface area contributed by atoms with Gasteiger partial charge in [0.15, 0.2) is 5.69 Å². The van der Waals surface area contributed by atoms with E-state index in [-0.39, 0.29) is 11.0 Å². The van der Waals surface area contributed by atoms with Gasteiger partial charge in [-0.2, -0.15) is 0 Å². The number of hydrogen-bond donors (Lipinski definition) is 2. The maximum Gasteiger partial charge on any atom is 0.220 e. The zero-order chi connectivity index (χ0) is 17.3. The Labute approximate surface area is 153 Å². The number of halogens is 1. The Balaban J connectivity index is 1.91. The lowest BCUT2D eigenvalue weighted by Crippen LogP contribution is -2.05. The van der Waals surface area contributed by atoms with Gasteiger partial charge in [-0.15, -0.1) is 10.2 Å². The van der Waals surface area contributed by atoms with Crippen molar-refractivity contribution in [3.63, 3.8) is 0 Å². The van der Waals surface area contributed by atoms with Gasteiger partial charge >= 0.3 is 0 Å². The molecule has 0 aliphatic heterocycles. The third-order valence-corrected chi connectivity index (χ3v) is 4.53. The Hall–Kier alpha value is -2.25. The highest BCUT2D eigenvalue weighted by atomic mass is 79.9.